The number of hydrogen-bond acceptors (Lipinski definition) is 17. The first-order chi connectivity index (χ1) is 23.9. The van der Waals surface area contributed by atoms with Gasteiger partial charge in [-0.15, -0.1) is 5.10 Å². The summed E-state index contributed by atoms with van der Waals surface area (Å²) >= 11 is 0. The van der Waals surface area contributed by atoms with Gasteiger partial charge in [0.05, 0.1) is 83.4 Å². The number of aliphatic hydroxyl groups excluding tert-OH is 1. The number of anilines is 1. The molecular weight excluding hydrogens is 682 g/mol. The summed E-state index contributed by atoms with van der Waals surface area (Å²) in [6.07, 6.45) is 3.19. The van der Waals surface area contributed by atoms with Crippen LogP contribution in [-0.2, 0) is 51.5 Å². The number of rotatable bonds is 24. The number of sulfonamides is 1. The highest BCUT2D eigenvalue weighted by Crippen LogP contribution is 2.35. The number of fused-ring (bicyclic) bond motifs is 1. The molecule has 0 amide bonds. The molecule has 50 heavy (non-hydrogen) atoms. The van der Waals surface area contributed by atoms with E-state index in [1.165, 1.54) is 12.7 Å². The maximum absolute atomic E-state index is 11.4. The summed E-state index contributed by atoms with van der Waals surface area (Å²) < 4.78 is 56.5. The van der Waals surface area contributed by atoms with Gasteiger partial charge in [-0.3, -0.25) is 9.36 Å². The third-order valence-electron chi connectivity index (χ3n) is 7.84. The largest absolute Gasteiger partial charge is 0.480 e. The molecule has 0 radical (unpaired) electrons. The van der Waals surface area contributed by atoms with Crippen LogP contribution in [-0.4, -0.2) is 149 Å². The Morgan fingerprint density at radius 2 is 1.78 bits per heavy atom. The molecule has 21 nitrogen and oxygen atoms in total. The van der Waals surface area contributed by atoms with E-state index in [4.69, 9.17) is 46.0 Å². The number of nitrogens with one attached hydrogen (secondary N) is 1. The SMILES string of the molecule is CS(=O)(=O)NCCOCCOCCOCCn1nncc1CCO[C@H]1[C@@H](O)[C@H](n2cnc3c(N)ncnc32)O[C@@H]1C[C@@H](N)CC[C@H](N)C(=O)O. The first-order valence-corrected chi connectivity index (χ1v) is 18.0. The Morgan fingerprint density at radius 3 is 2.50 bits per heavy atom. The van der Waals surface area contributed by atoms with Gasteiger partial charge in [0, 0.05) is 19.0 Å². The van der Waals surface area contributed by atoms with Crippen LogP contribution in [0.1, 0.15) is 31.2 Å². The van der Waals surface area contributed by atoms with Crippen molar-refractivity contribution >= 4 is 33.0 Å². The number of ether oxygens (including phenoxy) is 5. The summed E-state index contributed by atoms with van der Waals surface area (Å²) in [5.74, 6) is -0.918. The van der Waals surface area contributed by atoms with E-state index in [1.807, 2.05) is 0 Å². The number of nitrogens with zero attached hydrogens (tertiary/aromatic N) is 7. The number of nitrogens with two attached hydrogens (primary N) is 3. The molecule has 0 aliphatic carbocycles. The van der Waals surface area contributed by atoms with Gasteiger partial charge in [0.1, 0.15) is 30.1 Å². The second-order valence-electron chi connectivity index (χ2n) is 11.7. The standard InChI is InChI=1S/C28H47N11O10S/c1-50(43,44)36-5-8-45-10-12-47-13-11-46-9-6-39-19(15-35-37-39)4-7-48-24-21(14-18(29)2-3-20(30)28(41)42)49-27(23(24)40)38-17-34-22-25(31)32-16-33-26(22)38/h15-18,20-21,23-24,27,36,40H,2-14,29-30H2,1H3,(H,41,42)(H2,31,32,33)/t18-,20-,21+,23+,24+,27+/m0/s1. The average Bonchev–Trinajstić information content (AvgIpc) is 3.78. The second-order valence-corrected chi connectivity index (χ2v) is 13.5. The van der Waals surface area contributed by atoms with Crippen molar-refractivity contribution in [3.63, 3.8) is 0 Å². The molecule has 6 atom stereocenters. The van der Waals surface area contributed by atoms with Crippen molar-refractivity contribution in [1.29, 1.82) is 0 Å². The minimum Gasteiger partial charge on any atom is -0.480 e. The lowest BCUT2D eigenvalue weighted by Gasteiger charge is -2.23. The average molecular weight is 730 g/mol. The summed E-state index contributed by atoms with van der Waals surface area (Å²) in [5.41, 5.74) is 19.5. The molecule has 0 bridgehead atoms. The summed E-state index contributed by atoms with van der Waals surface area (Å²) in [6, 6.07) is -1.51. The van der Waals surface area contributed by atoms with Crippen LogP contribution in [0.25, 0.3) is 11.2 Å². The van der Waals surface area contributed by atoms with Crippen molar-refractivity contribution < 1.29 is 47.1 Å². The molecule has 0 saturated carbocycles. The van der Waals surface area contributed by atoms with E-state index in [2.05, 4.69) is 30.0 Å². The van der Waals surface area contributed by atoms with E-state index >= 15 is 0 Å². The third kappa shape index (κ3) is 11.8. The Kier molecular flexibility index (Phi) is 15.1. The van der Waals surface area contributed by atoms with E-state index in [0.29, 0.717) is 63.6 Å². The Labute approximate surface area is 288 Å². The number of carbonyl (C=O) groups is 1. The fourth-order valence-electron chi connectivity index (χ4n) is 5.29. The Morgan fingerprint density at radius 1 is 1.06 bits per heavy atom. The van der Waals surface area contributed by atoms with Crippen LogP contribution in [0.4, 0.5) is 5.82 Å². The molecule has 0 spiro atoms. The molecule has 280 valence electrons. The number of aromatic nitrogens is 7. The Bertz CT molecular complexity index is 1590. The number of nitrogen functional groups attached to an aromatic ring is 1. The number of carboxylic acids is 1. The first-order valence-electron chi connectivity index (χ1n) is 16.1. The van der Waals surface area contributed by atoms with Gasteiger partial charge in [-0.25, -0.2) is 32.8 Å². The van der Waals surface area contributed by atoms with Crippen molar-refractivity contribution in [2.75, 3.05) is 64.8 Å². The third-order valence-corrected chi connectivity index (χ3v) is 8.57. The molecule has 1 saturated heterocycles. The van der Waals surface area contributed by atoms with Gasteiger partial charge in [0.15, 0.2) is 17.7 Å². The number of hydrogen-bond donors (Lipinski definition) is 6. The van der Waals surface area contributed by atoms with Crippen molar-refractivity contribution in [1.82, 2.24) is 39.2 Å². The van der Waals surface area contributed by atoms with Crippen LogP contribution in [0.2, 0.25) is 0 Å². The predicted octanol–water partition coefficient (Wildman–Crippen LogP) is -2.61. The molecule has 4 heterocycles. The highest BCUT2D eigenvalue weighted by Gasteiger charge is 2.46. The van der Waals surface area contributed by atoms with E-state index in [0.717, 1.165) is 11.9 Å². The lowest BCUT2D eigenvalue weighted by molar-refractivity contribution is -0.138. The van der Waals surface area contributed by atoms with Crippen LogP contribution < -0.4 is 21.9 Å². The maximum Gasteiger partial charge on any atom is 0.320 e. The lowest BCUT2D eigenvalue weighted by Crippen LogP contribution is -2.39. The summed E-state index contributed by atoms with van der Waals surface area (Å²) in [7, 11) is -3.23. The molecule has 1 aliphatic rings. The van der Waals surface area contributed by atoms with Gasteiger partial charge < -0.3 is 51.1 Å². The molecule has 3 aromatic heterocycles. The van der Waals surface area contributed by atoms with Crippen molar-refractivity contribution in [2.45, 2.75) is 68.9 Å². The van der Waals surface area contributed by atoms with E-state index in [-0.39, 0.29) is 38.4 Å². The number of imidazole rings is 1. The predicted molar refractivity (Wildman–Crippen MR) is 176 cm³/mol. The molecule has 22 heteroatoms. The minimum absolute atomic E-state index is 0.181. The molecular formula is C28H47N11O10S. The summed E-state index contributed by atoms with van der Waals surface area (Å²) in [6.45, 7) is 2.87. The lowest BCUT2D eigenvalue weighted by atomic mass is 9.98. The van der Waals surface area contributed by atoms with Crippen LogP contribution in [0.5, 0.6) is 0 Å². The Balaban J connectivity index is 1.24. The number of carboxylic acid groups (broad SMARTS) is 1. The van der Waals surface area contributed by atoms with Gasteiger partial charge >= 0.3 is 5.97 Å². The maximum atomic E-state index is 11.4. The van der Waals surface area contributed by atoms with Gasteiger partial charge in [-0.05, 0) is 19.3 Å². The monoisotopic (exact) mass is 729 g/mol. The highest BCUT2D eigenvalue weighted by molar-refractivity contribution is 7.88. The van der Waals surface area contributed by atoms with Gasteiger partial charge in [-0.2, -0.15) is 0 Å². The van der Waals surface area contributed by atoms with Gasteiger partial charge in [0.2, 0.25) is 10.0 Å². The zero-order valence-corrected chi connectivity index (χ0v) is 28.6. The van der Waals surface area contributed by atoms with Crippen molar-refractivity contribution in [2.24, 2.45) is 11.5 Å². The fourth-order valence-corrected chi connectivity index (χ4v) is 5.74. The number of aliphatic carboxylic acids is 1. The quantitative estimate of drug-likeness (QED) is 0.0515. The Hall–Kier alpha value is -3.45. The van der Waals surface area contributed by atoms with Crippen LogP contribution in [0, 0.1) is 0 Å². The minimum atomic E-state index is -3.23. The molecule has 1 aliphatic heterocycles. The second kappa shape index (κ2) is 19.2. The topological polar surface area (TPSA) is 302 Å². The van der Waals surface area contributed by atoms with Crippen molar-refractivity contribution in [3.05, 3.63) is 24.5 Å². The molecule has 0 unspecified atom stereocenters. The van der Waals surface area contributed by atoms with Crippen LogP contribution in [0.15, 0.2) is 18.9 Å². The zero-order valence-electron chi connectivity index (χ0n) is 27.8. The summed E-state index contributed by atoms with van der Waals surface area (Å²) in [4.78, 5) is 23.7. The molecule has 9 N–H and O–H groups in total. The van der Waals surface area contributed by atoms with Crippen LogP contribution >= 0.6 is 0 Å². The van der Waals surface area contributed by atoms with E-state index in [9.17, 15) is 18.3 Å². The van der Waals surface area contributed by atoms with Gasteiger partial charge in [-0.1, -0.05) is 5.21 Å². The zero-order chi connectivity index (χ0) is 36.1. The first kappa shape index (κ1) is 39.3. The fraction of sp³-hybridized carbons (Fsp3) is 0.714. The van der Waals surface area contributed by atoms with E-state index in [1.54, 1.807) is 15.4 Å². The van der Waals surface area contributed by atoms with Crippen molar-refractivity contribution in [3.8, 4) is 0 Å². The highest BCUT2D eigenvalue weighted by atomic mass is 32.2. The normalized spacial score (nSPS) is 20.8. The summed E-state index contributed by atoms with van der Waals surface area (Å²) in [5, 5.41) is 28.7. The molecule has 0 aromatic carbocycles. The smallest absolute Gasteiger partial charge is 0.320 e. The molecule has 1 fully saturated rings. The van der Waals surface area contributed by atoms with E-state index < -0.39 is 52.6 Å². The number of aliphatic hydroxyl groups is 1. The van der Waals surface area contributed by atoms with Gasteiger partial charge in [0.25, 0.3) is 0 Å². The molecule has 4 rings (SSSR count). The van der Waals surface area contributed by atoms with Crippen LogP contribution in [0.3, 0.4) is 0 Å². The molecule has 3 aromatic rings.